The monoisotopic (exact) mass is 1420 g/mol. The molecule has 0 amide bonds. The molecule has 0 saturated carbocycles. The van der Waals surface area contributed by atoms with Crippen molar-refractivity contribution in [2.45, 2.75) is 122 Å². The van der Waals surface area contributed by atoms with E-state index < -0.39 is 0 Å². The van der Waals surface area contributed by atoms with Gasteiger partial charge in [0.15, 0.2) is 0 Å². The molecular formula is C97H112N10. The fraction of sp³-hybridized carbons (Fsp3) is 0.299. The number of benzene rings is 12. The number of nitrogens with one attached hydrogen (secondary N) is 10. The van der Waals surface area contributed by atoms with Gasteiger partial charge in [0.05, 0.1) is 12.1 Å². The lowest BCUT2D eigenvalue weighted by Crippen LogP contribution is -2.30. The van der Waals surface area contributed by atoms with Crippen LogP contribution in [0.25, 0.3) is 21.5 Å². The second-order valence-corrected chi connectivity index (χ2v) is 28.9. The van der Waals surface area contributed by atoms with Crippen molar-refractivity contribution in [3.05, 3.63) is 357 Å². The Bertz CT molecular complexity index is 4300. The van der Waals surface area contributed by atoms with Crippen LogP contribution in [0.2, 0.25) is 0 Å². The lowest BCUT2D eigenvalue weighted by Gasteiger charge is -2.27. The van der Waals surface area contributed by atoms with Crippen molar-refractivity contribution in [2.75, 3.05) is 86.7 Å². The predicted molar refractivity (Wildman–Crippen MR) is 454 cm³/mol. The predicted octanol–water partition coefficient (Wildman–Crippen LogP) is 19.3. The smallest absolute Gasteiger partial charge is 0.0579 e. The van der Waals surface area contributed by atoms with Gasteiger partial charge >= 0.3 is 0 Å². The zero-order valence-corrected chi connectivity index (χ0v) is 62.8. The van der Waals surface area contributed by atoms with E-state index in [1.54, 1.807) is 0 Å². The average Bonchev–Trinajstić information content (AvgIpc) is 1.05. The van der Waals surface area contributed by atoms with Crippen LogP contribution in [0.1, 0.15) is 135 Å². The van der Waals surface area contributed by atoms with Crippen LogP contribution in [0, 0.1) is 0 Å². The molecule has 10 aliphatic rings. The van der Waals surface area contributed by atoms with Crippen molar-refractivity contribution in [3.63, 3.8) is 0 Å². The molecule has 0 aliphatic carbocycles. The number of anilines is 4. The van der Waals surface area contributed by atoms with Crippen molar-refractivity contribution >= 4 is 44.3 Å². The molecule has 22 rings (SSSR count). The molecule has 0 aromatic heterocycles. The minimum absolute atomic E-state index is 0.367. The summed E-state index contributed by atoms with van der Waals surface area (Å²) < 4.78 is 0. The average molecular weight is 1420 g/mol. The van der Waals surface area contributed by atoms with E-state index in [0.717, 1.165) is 78.3 Å². The van der Waals surface area contributed by atoms with Gasteiger partial charge < -0.3 is 53.2 Å². The Balaban J connectivity index is 0.000000107. The van der Waals surface area contributed by atoms with Gasteiger partial charge in [-0.1, -0.05) is 261 Å². The minimum Gasteiger partial charge on any atom is -0.385 e. The van der Waals surface area contributed by atoms with E-state index in [-0.39, 0.29) is 0 Å². The summed E-state index contributed by atoms with van der Waals surface area (Å²) in [5.74, 6) is 0. The molecular weight excluding hydrogens is 1310 g/mol. The highest BCUT2D eigenvalue weighted by molar-refractivity contribution is 5.99. The lowest BCUT2D eigenvalue weighted by molar-refractivity contribution is 0.520. The van der Waals surface area contributed by atoms with Gasteiger partial charge in [-0.3, -0.25) is 0 Å². The van der Waals surface area contributed by atoms with E-state index in [4.69, 9.17) is 0 Å². The molecule has 10 heterocycles. The van der Waals surface area contributed by atoms with Crippen molar-refractivity contribution in [2.24, 2.45) is 0 Å². The molecule has 107 heavy (non-hydrogen) atoms. The van der Waals surface area contributed by atoms with Crippen LogP contribution in [0.3, 0.4) is 0 Å². The SMILES string of the molecule is C1CCNC1.C1CCNCC1.c1cc2c3c(cccc3c1)NC2.c1ccc([C@@H]2NCCc3ccccc32)cc1.c1ccc([C@H]2NCCc3ccccc32)cc1.c1ccc2c(c1)CCCN2.c1ccc2c(c1)CCN2.c1ccc2c(c1)CCNC2.c1ccc2c(c1)CNC2.c1ccc2c3c(ccc2c1)NCCC3. The van der Waals surface area contributed by atoms with Crippen LogP contribution < -0.4 is 53.2 Å². The van der Waals surface area contributed by atoms with Gasteiger partial charge in [0.25, 0.3) is 0 Å². The molecule has 12 aromatic carbocycles. The van der Waals surface area contributed by atoms with Crippen molar-refractivity contribution in [3.8, 4) is 0 Å². The van der Waals surface area contributed by atoms with Gasteiger partial charge in [0.2, 0.25) is 0 Å². The second-order valence-electron chi connectivity index (χ2n) is 28.9. The van der Waals surface area contributed by atoms with Gasteiger partial charge in [-0.2, -0.15) is 0 Å². The van der Waals surface area contributed by atoms with Gasteiger partial charge in [0, 0.05) is 87.0 Å². The summed E-state index contributed by atoms with van der Waals surface area (Å²) in [5.41, 5.74) is 25.5. The van der Waals surface area contributed by atoms with Gasteiger partial charge in [-0.05, 0) is 228 Å². The van der Waals surface area contributed by atoms with Gasteiger partial charge in [-0.15, -0.1) is 0 Å². The molecule has 0 spiro atoms. The van der Waals surface area contributed by atoms with Gasteiger partial charge in [-0.25, -0.2) is 0 Å². The van der Waals surface area contributed by atoms with E-state index >= 15 is 0 Å². The molecule has 0 unspecified atom stereocenters. The van der Waals surface area contributed by atoms with Crippen LogP contribution in [0.15, 0.2) is 279 Å². The summed E-state index contributed by atoms with van der Waals surface area (Å²) in [6, 6.07) is 99.6. The Labute approximate surface area is 637 Å². The minimum atomic E-state index is 0.367. The first-order valence-corrected chi connectivity index (χ1v) is 40.0. The summed E-state index contributed by atoms with van der Waals surface area (Å²) in [7, 11) is 0. The molecule has 10 nitrogen and oxygen atoms in total. The number of rotatable bonds is 2. The van der Waals surface area contributed by atoms with Gasteiger partial charge in [0.1, 0.15) is 0 Å². The maximum atomic E-state index is 3.59. The summed E-state index contributed by atoms with van der Waals surface area (Å²) in [4.78, 5) is 0. The highest BCUT2D eigenvalue weighted by Gasteiger charge is 2.22. The Morgan fingerprint density at radius 1 is 0.215 bits per heavy atom. The van der Waals surface area contributed by atoms with Crippen molar-refractivity contribution < 1.29 is 0 Å². The zero-order valence-electron chi connectivity index (χ0n) is 62.8. The Kier molecular flexibility index (Phi) is 29.1. The normalized spacial score (nSPS) is 17.2. The molecule has 12 aromatic rings. The summed E-state index contributed by atoms with van der Waals surface area (Å²) >= 11 is 0. The molecule has 10 aliphatic heterocycles. The van der Waals surface area contributed by atoms with E-state index in [2.05, 4.69) is 332 Å². The number of fused-ring (bicyclic) bond motifs is 9. The zero-order chi connectivity index (χ0) is 72.5. The highest BCUT2D eigenvalue weighted by atomic mass is 14.9. The molecule has 550 valence electrons. The number of piperidine rings is 1. The first kappa shape index (κ1) is 75.4. The molecule has 10 N–H and O–H groups in total. The van der Waals surface area contributed by atoms with Crippen LogP contribution in [0.5, 0.6) is 0 Å². The molecule has 10 heteroatoms. The second kappa shape index (κ2) is 41.3. The summed E-state index contributed by atoms with van der Waals surface area (Å²) in [5, 5.41) is 39.3. The first-order valence-electron chi connectivity index (χ1n) is 40.0. The third kappa shape index (κ3) is 21.9. The Morgan fingerprint density at radius 2 is 0.645 bits per heavy atom. The summed E-state index contributed by atoms with van der Waals surface area (Å²) in [6.45, 7) is 15.8. The molecule has 0 radical (unpaired) electrons. The van der Waals surface area contributed by atoms with Crippen LogP contribution in [-0.4, -0.2) is 65.4 Å². The van der Waals surface area contributed by atoms with E-state index in [0.29, 0.717) is 12.1 Å². The van der Waals surface area contributed by atoms with E-state index in [1.807, 2.05) is 0 Å². The van der Waals surface area contributed by atoms with E-state index in [9.17, 15) is 0 Å². The molecule has 2 atom stereocenters. The van der Waals surface area contributed by atoms with Crippen LogP contribution >= 0.6 is 0 Å². The van der Waals surface area contributed by atoms with Crippen LogP contribution in [0.4, 0.5) is 22.7 Å². The quantitative estimate of drug-likeness (QED) is 0.0820. The largest absolute Gasteiger partial charge is 0.385 e. The number of aryl methyl sites for hydroxylation is 2. The number of hydrogen-bond donors (Lipinski definition) is 10. The third-order valence-corrected chi connectivity index (χ3v) is 21.5. The Morgan fingerprint density at radius 3 is 1.22 bits per heavy atom. The van der Waals surface area contributed by atoms with Crippen molar-refractivity contribution in [1.82, 2.24) is 31.9 Å². The standard InChI is InChI=1S/2C15H15N.C13H13N.C11H9N.2C9H11N.2C8H9N.C5H11N.C4H9N/c2*1-2-7-13(8-3-1)15-14-9-5-4-6-12(14)10-11-16-15;1-2-5-11-10(4-1)7-8-13-12(11)6-3-9-14-13;1-3-8-4-2-6-10-11(8)9(5-1)7-12-10;1-2-6-9-8(4-1)5-3-7-10-9;1-2-4-9-7-10-6-5-8(9)3-1;1-2-4-8-6-9-5-7(8)3-1;1-2-4-8-7(3-1)5-6-9-8;1-2-4-6-5-3-1;1-2-4-5-3-1/h2*1-9,15-16H,10-11H2;1-2,4-5,7-8,14H,3,6,9H2;1-6,12H,7H2;1-2,4,6,10H,3,5,7H2;1-4,10H,5-7H2;2*1-4,9H,5-6H2;6H,1-5H2;5H,1-4H2/t2*15-;;;;;;;;/m10......../s1. The Hall–Kier alpha value is -9.88. The maximum absolute atomic E-state index is 3.59. The maximum Gasteiger partial charge on any atom is 0.0579 e. The molecule has 2 saturated heterocycles. The molecule has 2 fully saturated rings. The number of para-hydroxylation sites is 2. The third-order valence-electron chi connectivity index (χ3n) is 21.5. The molecule has 0 bridgehead atoms. The highest BCUT2D eigenvalue weighted by Crippen LogP contribution is 2.34. The fourth-order valence-electron chi connectivity index (χ4n) is 15.8. The first-order chi connectivity index (χ1) is 53.2. The van der Waals surface area contributed by atoms with Crippen LogP contribution in [-0.2, 0) is 64.7 Å². The number of hydrogen-bond acceptors (Lipinski definition) is 10. The lowest BCUT2D eigenvalue weighted by atomic mass is 9.90. The topological polar surface area (TPSA) is 120 Å². The fourth-order valence-corrected chi connectivity index (χ4v) is 15.8. The van der Waals surface area contributed by atoms with Crippen molar-refractivity contribution in [1.29, 1.82) is 0 Å². The summed E-state index contributed by atoms with van der Waals surface area (Å²) in [6.07, 6.45) is 16.6. The van der Waals surface area contributed by atoms with E-state index in [1.165, 1.54) is 219 Å².